The minimum atomic E-state index is 0.163. The summed E-state index contributed by atoms with van der Waals surface area (Å²) in [6, 6.07) is 23.9. The molecule has 0 saturated carbocycles. The van der Waals surface area contributed by atoms with Gasteiger partial charge in [0.2, 0.25) is 0 Å². The van der Waals surface area contributed by atoms with Crippen molar-refractivity contribution < 1.29 is 4.79 Å². The lowest BCUT2D eigenvalue weighted by Crippen LogP contribution is -2.17. The molecule has 0 aromatic heterocycles. The zero-order chi connectivity index (χ0) is 29.2. The molecule has 3 aromatic rings. The lowest BCUT2D eigenvalue weighted by atomic mass is 9.78. The number of aryl methyl sites for hydroxylation is 4. The van der Waals surface area contributed by atoms with Crippen LogP contribution < -0.4 is 0 Å². The molecule has 0 amide bonds. The molecule has 0 fully saturated rings. The topological polar surface area (TPSA) is 17.1 Å². The van der Waals surface area contributed by atoms with Crippen LogP contribution in [0.3, 0.4) is 0 Å². The first-order valence-corrected chi connectivity index (χ1v) is 16.0. The Balaban J connectivity index is 0.000000282. The second kappa shape index (κ2) is 18.9. The molecular formula is C38H53ClO. The third-order valence-corrected chi connectivity index (χ3v) is 8.58. The number of halogens is 1. The van der Waals surface area contributed by atoms with Gasteiger partial charge in [-0.1, -0.05) is 144 Å². The molecule has 0 saturated heterocycles. The summed E-state index contributed by atoms with van der Waals surface area (Å²) in [6.07, 6.45) is 16.0. The van der Waals surface area contributed by atoms with Gasteiger partial charge < -0.3 is 4.79 Å². The van der Waals surface area contributed by atoms with Crippen LogP contribution >= 0.6 is 11.6 Å². The average molecular weight is 561 g/mol. The van der Waals surface area contributed by atoms with Crippen LogP contribution in [0.15, 0.2) is 66.7 Å². The minimum Gasteiger partial charge on any atom is -0.303 e. The highest BCUT2D eigenvalue weighted by molar-refractivity contribution is 6.31. The molecule has 0 aliphatic heterocycles. The lowest BCUT2D eigenvalue weighted by Gasteiger charge is -2.26. The highest BCUT2D eigenvalue weighted by Gasteiger charge is 2.21. The number of hydrogen-bond donors (Lipinski definition) is 0. The van der Waals surface area contributed by atoms with E-state index in [4.69, 9.17) is 11.6 Å². The monoisotopic (exact) mass is 560 g/mol. The Hall–Kier alpha value is -2.38. The maximum Gasteiger partial charge on any atom is 0.120 e. The molecule has 0 bridgehead atoms. The van der Waals surface area contributed by atoms with Gasteiger partial charge >= 0.3 is 0 Å². The third-order valence-electron chi connectivity index (χ3n) is 8.23. The summed E-state index contributed by atoms with van der Waals surface area (Å²) < 4.78 is 0. The van der Waals surface area contributed by atoms with E-state index in [1.165, 1.54) is 71.9 Å². The summed E-state index contributed by atoms with van der Waals surface area (Å²) in [5, 5.41) is 0.930. The largest absolute Gasteiger partial charge is 0.303 e. The average Bonchev–Trinajstić information content (AvgIpc) is 2.95. The van der Waals surface area contributed by atoms with Gasteiger partial charge in [-0.3, -0.25) is 0 Å². The van der Waals surface area contributed by atoms with Crippen molar-refractivity contribution in [1.29, 1.82) is 0 Å². The quantitative estimate of drug-likeness (QED) is 0.126. The van der Waals surface area contributed by atoms with E-state index in [1.54, 1.807) is 0 Å². The Morgan fingerprint density at radius 2 is 1.45 bits per heavy atom. The molecule has 40 heavy (non-hydrogen) atoms. The lowest BCUT2D eigenvalue weighted by molar-refractivity contribution is -0.109. The normalized spacial score (nSPS) is 12.3. The van der Waals surface area contributed by atoms with Crippen LogP contribution in [-0.2, 0) is 30.5 Å². The van der Waals surface area contributed by atoms with Gasteiger partial charge in [0.25, 0.3) is 0 Å². The van der Waals surface area contributed by atoms with E-state index in [-0.39, 0.29) is 5.41 Å². The second-order valence-electron chi connectivity index (χ2n) is 11.8. The first kappa shape index (κ1) is 33.8. The number of benzene rings is 3. The molecule has 3 aromatic carbocycles. The van der Waals surface area contributed by atoms with Crippen molar-refractivity contribution in [2.75, 3.05) is 0 Å². The van der Waals surface area contributed by atoms with E-state index in [0.29, 0.717) is 6.42 Å². The summed E-state index contributed by atoms with van der Waals surface area (Å²) in [5.74, 6) is 0. The van der Waals surface area contributed by atoms with Crippen molar-refractivity contribution >= 4 is 17.9 Å². The van der Waals surface area contributed by atoms with Gasteiger partial charge in [-0.25, -0.2) is 0 Å². The highest BCUT2D eigenvalue weighted by atomic mass is 35.5. The van der Waals surface area contributed by atoms with Crippen molar-refractivity contribution in [1.82, 2.24) is 0 Å². The second-order valence-corrected chi connectivity index (χ2v) is 12.2. The van der Waals surface area contributed by atoms with Crippen molar-refractivity contribution in [2.45, 2.75) is 118 Å². The summed E-state index contributed by atoms with van der Waals surface area (Å²) >= 11 is 6.44. The van der Waals surface area contributed by atoms with Gasteiger partial charge in [0.15, 0.2) is 0 Å². The maximum absolute atomic E-state index is 10.8. The number of aldehydes is 1. The molecule has 1 unspecified atom stereocenters. The van der Waals surface area contributed by atoms with E-state index in [1.807, 2.05) is 0 Å². The Kier molecular flexibility index (Phi) is 16.0. The van der Waals surface area contributed by atoms with E-state index < -0.39 is 0 Å². The van der Waals surface area contributed by atoms with Gasteiger partial charge in [0.1, 0.15) is 6.29 Å². The molecular weight excluding hydrogens is 508 g/mol. The number of unbranched alkanes of at least 4 members (excludes halogenated alkanes) is 4. The fraction of sp³-hybridized carbons (Fsp3) is 0.500. The van der Waals surface area contributed by atoms with Crippen LogP contribution in [0, 0.1) is 12.3 Å². The van der Waals surface area contributed by atoms with Gasteiger partial charge in [0, 0.05) is 11.4 Å². The van der Waals surface area contributed by atoms with Crippen molar-refractivity contribution in [3.05, 3.63) is 105 Å². The van der Waals surface area contributed by atoms with E-state index in [9.17, 15) is 4.79 Å². The zero-order valence-electron chi connectivity index (χ0n) is 25.9. The van der Waals surface area contributed by atoms with Crippen molar-refractivity contribution in [2.24, 2.45) is 5.41 Å². The zero-order valence-corrected chi connectivity index (χ0v) is 26.7. The predicted molar refractivity (Wildman–Crippen MR) is 176 cm³/mol. The van der Waals surface area contributed by atoms with Crippen LogP contribution in [0.25, 0.3) is 0 Å². The first-order chi connectivity index (χ1) is 19.3. The molecule has 0 aliphatic carbocycles. The number of rotatable bonds is 16. The fourth-order valence-electron chi connectivity index (χ4n) is 5.22. The molecule has 1 atom stereocenters. The van der Waals surface area contributed by atoms with Gasteiger partial charge in [-0.15, -0.1) is 0 Å². The molecule has 3 rings (SSSR count). The van der Waals surface area contributed by atoms with Crippen molar-refractivity contribution in [3.63, 3.8) is 0 Å². The number of carbonyl (C=O) groups is 1. The molecule has 2 heteroatoms. The Bertz CT molecular complexity index is 1120. The third kappa shape index (κ3) is 12.4. The summed E-state index contributed by atoms with van der Waals surface area (Å²) in [7, 11) is 0. The Morgan fingerprint density at radius 3 is 2.10 bits per heavy atom. The number of hydrogen-bond acceptors (Lipinski definition) is 1. The standard InChI is InChI=1S/C20H25Cl.C18H28O/c1-2-3-4-5-9-12-19-14-13-18(16-20(19)21)15-17-10-7-6-8-11-17;1-5-7-17-14-15(3)8-9-16(17)10-11-18(4,6-2)12-13-19/h6-8,10-11,13-14,16H,2-5,9,12,15H2,1H3;8-9,13-14H,5-7,10-12H2,1-4H3. The van der Waals surface area contributed by atoms with E-state index >= 15 is 0 Å². The summed E-state index contributed by atoms with van der Waals surface area (Å²) in [5.41, 5.74) is 8.39. The van der Waals surface area contributed by atoms with Gasteiger partial charge in [-0.2, -0.15) is 0 Å². The molecule has 0 N–H and O–H groups in total. The molecule has 0 aliphatic rings. The van der Waals surface area contributed by atoms with Crippen LogP contribution in [0.4, 0.5) is 0 Å². The van der Waals surface area contributed by atoms with E-state index in [0.717, 1.165) is 49.8 Å². The summed E-state index contributed by atoms with van der Waals surface area (Å²) in [6.45, 7) is 11.1. The molecule has 0 spiro atoms. The Labute approximate surface area is 250 Å². The van der Waals surface area contributed by atoms with Crippen LogP contribution in [0.5, 0.6) is 0 Å². The van der Waals surface area contributed by atoms with E-state index in [2.05, 4.69) is 101 Å². The smallest absolute Gasteiger partial charge is 0.120 e. The minimum absolute atomic E-state index is 0.163. The van der Waals surface area contributed by atoms with Crippen LogP contribution in [0.2, 0.25) is 5.02 Å². The molecule has 1 nitrogen and oxygen atoms in total. The maximum atomic E-state index is 10.8. The first-order valence-electron chi connectivity index (χ1n) is 15.7. The number of carbonyl (C=O) groups excluding carboxylic acids is 1. The molecule has 0 heterocycles. The fourth-order valence-corrected chi connectivity index (χ4v) is 5.51. The molecule has 218 valence electrons. The van der Waals surface area contributed by atoms with Gasteiger partial charge in [-0.05, 0) is 84.7 Å². The SMILES string of the molecule is CCCCCCCc1ccc(Cc2ccccc2)cc1Cl.CCCc1cc(C)ccc1CCC(C)(CC)CC=O. The van der Waals surface area contributed by atoms with Crippen LogP contribution in [-0.4, -0.2) is 6.29 Å². The molecule has 0 radical (unpaired) electrons. The van der Waals surface area contributed by atoms with Gasteiger partial charge in [0.05, 0.1) is 0 Å². The van der Waals surface area contributed by atoms with Crippen LogP contribution in [0.1, 0.15) is 119 Å². The highest BCUT2D eigenvalue weighted by Crippen LogP contribution is 2.31. The van der Waals surface area contributed by atoms with Crippen molar-refractivity contribution in [3.8, 4) is 0 Å². The summed E-state index contributed by atoms with van der Waals surface area (Å²) in [4.78, 5) is 10.8. The Morgan fingerprint density at radius 1 is 0.725 bits per heavy atom. The predicted octanol–water partition coefficient (Wildman–Crippen LogP) is 11.3.